The van der Waals surface area contributed by atoms with Gasteiger partial charge in [0.1, 0.15) is 6.54 Å². The van der Waals surface area contributed by atoms with Gasteiger partial charge in [-0.05, 0) is 53.2 Å². The van der Waals surface area contributed by atoms with Gasteiger partial charge in [0.25, 0.3) is 0 Å². The molecule has 0 fully saturated rings. The van der Waals surface area contributed by atoms with Crippen molar-refractivity contribution in [1.29, 1.82) is 0 Å². The maximum absolute atomic E-state index is 12.5. The molecule has 0 aromatic carbocycles. The molecule has 0 spiro atoms. The van der Waals surface area contributed by atoms with E-state index in [-0.39, 0.29) is 5.78 Å². The largest absolute Gasteiger partial charge is 0.349 e. The van der Waals surface area contributed by atoms with Crippen LogP contribution in [0.3, 0.4) is 0 Å². The molecule has 0 unspecified atom stereocenters. The third-order valence-corrected chi connectivity index (χ3v) is 4.23. The fourth-order valence-electron chi connectivity index (χ4n) is 2.73. The minimum atomic E-state index is 0.128. The van der Waals surface area contributed by atoms with Gasteiger partial charge in [0.05, 0.1) is 5.69 Å². The number of hydrogen-bond donors (Lipinski definition) is 0. The number of aromatic nitrogens is 3. The topological polar surface area (TPSA) is 39.8 Å². The van der Waals surface area contributed by atoms with Crippen LogP contribution < -0.4 is 0 Å². The first kappa shape index (κ1) is 14.6. The number of nitrogens with zero attached hydrogens (tertiary/aromatic N) is 3. The highest BCUT2D eigenvalue weighted by Crippen LogP contribution is 2.17. The van der Waals surface area contributed by atoms with Gasteiger partial charge in [-0.15, -0.1) is 0 Å². The molecule has 0 saturated heterocycles. The first-order chi connectivity index (χ1) is 9.36. The number of ketones is 1. The quantitative estimate of drug-likeness (QED) is 0.803. The van der Waals surface area contributed by atoms with Crippen molar-refractivity contribution in [3.8, 4) is 0 Å². The zero-order chi connectivity index (χ0) is 15.0. The van der Waals surface area contributed by atoms with Crippen LogP contribution in [0.25, 0.3) is 0 Å². The zero-order valence-corrected chi connectivity index (χ0v) is 13.2. The molecule has 20 heavy (non-hydrogen) atoms. The SMILES string of the molecule is CCn1c(C)cc(C(=O)Cn2nc(C)c(C)c2C)c1C. The molecule has 2 heterocycles. The Morgan fingerprint density at radius 3 is 2.25 bits per heavy atom. The minimum absolute atomic E-state index is 0.128. The summed E-state index contributed by atoms with van der Waals surface area (Å²) in [6, 6.07) is 1.99. The molecule has 0 atom stereocenters. The van der Waals surface area contributed by atoms with Crippen LogP contribution in [0.4, 0.5) is 0 Å². The van der Waals surface area contributed by atoms with E-state index < -0.39 is 0 Å². The molecule has 0 aliphatic heterocycles. The number of hydrogen-bond acceptors (Lipinski definition) is 2. The Morgan fingerprint density at radius 1 is 1.15 bits per heavy atom. The summed E-state index contributed by atoms with van der Waals surface area (Å²) in [5.41, 5.74) is 6.23. The fourth-order valence-corrected chi connectivity index (χ4v) is 2.73. The maximum atomic E-state index is 12.5. The highest BCUT2D eigenvalue weighted by Gasteiger charge is 2.17. The summed E-state index contributed by atoms with van der Waals surface area (Å²) in [5.74, 6) is 0.128. The summed E-state index contributed by atoms with van der Waals surface area (Å²) in [5, 5.41) is 4.44. The van der Waals surface area contributed by atoms with Crippen molar-refractivity contribution < 1.29 is 4.79 Å². The second-order valence-electron chi connectivity index (χ2n) is 5.41. The summed E-state index contributed by atoms with van der Waals surface area (Å²) >= 11 is 0. The molecule has 4 heteroatoms. The molecular formula is C16H23N3O. The van der Waals surface area contributed by atoms with Crippen molar-refractivity contribution in [3.05, 3.63) is 40.0 Å². The molecular weight excluding hydrogens is 250 g/mol. The predicted molar refractivity (Wildman–Crippen MR) is 80.3 cm³/mol. The first-order valence-electron chi connectivity index (χ1n) is 7.07. The Kier molecular flexibility index (Phi) is 3.84. The van der Waals surface area contributed by atoms with Gasteiger partial charge in [0.2, 0.25) is 0 Å². The van der Waals surface area contributed by atoms with Crippen LogP contribution in [-0.2, 0) is 13.1 Å². The average Bonchev–Trinajstić information content (AvgIpc) is 2.81. The summed E-state index contributed by atoms with van der Waals surface area (Å²) in [6.07, 6.45) is 0. The molecule has 0 aliphatic rings. The van der Waals surface area contributed by atoms with Gasteiger partial charge >= 0.3 is 0 Å². The van der Waals surface area contributed by atoms with Crippen molar-refractivity contribution in [2.24, 2.45) is 0 Å². The van der Waals surface area contributed by atoms with Gasteiger partial charge in [-0.2, -0.15) is 5.10 Å². The van der Waals surface area contributed by atoms with Crippen LogP contribution in [0.15, 0.2) is 6.07 Å². The molecule has 0 bridgehead atoms. The van der Waals surface area contributed by atoms with Gasteiger partial charge in [0, 0.05) is 29.2 Å². The Hall–Kier alpha value is -1.84. The second kappa shape index (κ2) is 5.27. The highest BCUT2D eigenvalue weighted by molar-refractivity contribution is 5.97. The molecule has 0 aliphatic carbocycles. The summed E-state index contributed by atoms with van der Waals surface area (Å²) < 4.78 is 3.98. The van der Waals surface area contributed by atoms with Gasteiger partial charge in [-0.25, -0.2) is 0 Å². The normalized spacial score (nSPS) is 11.1. The fraction of sp³-hybridized carbons (Fsp3) is 0.500. The Morgan fingerprint density at radius 2 is 1.80 bits per heavy atom. The Labute approximate surface area is 120 Å². The van der Waals surface area contributed by atoms with Crippen LogP contribution in [0.1, 0.15) is 45.6 Å². The highest BCUT2D eigenvalue weighted by atomic mass is 16.1. The van der Waals surface area contributed by atoms with E-state index in [1.165, 1.54) is 0 Å². The van der Waals surface area contributed by atoms with Crippen LogP contribution in [-0.4, -0.2) is 20.1 Å². The van der Waals surface area contributed by atoms with E-state index in [0.717, 1.165) is 40.4 Å². The lowest BCUT2D eigenvalue weighted by molar-refractivity contribution is 0.0966. The molecule has 2 aromatic rings. The van der Waals surface area contributed by atoms with Crippen LogP contribution in [0.2, 0.25) is 0 Å². The molecule has 0 radical (unpaired) electrons. The van der Waals surface area contributed by atoms with Crippen LogP contribution in [0.5, 0.6) is 0 Å². The lowest BCUT2D eigenvalue weighted by atomic mass is 10.1. The number of aryl methyl sites for hydroxylation is 2. The number of carbonyl (C=O) groups is 1. The summed E-state index contributed by atoms with van der Waals surface area (Å²) in [6.45, 7) is 13.4. The van der Waals surface area contributed by atoms with Gasteiger partial charge in [-0.1, -0.05) is 0 Å². The standard InChI is InChI=1S/C16H23N3O/c1-7-18-10(2)8-15(14(18)6)16(20)9-19-13(5)11(3)12(4)17-19/h8H,7,9H2,1-6H3. The number of rotatable bonds is 4. The predicted octanol–water partition coefficient (Wildman–Crippen LogP) is 3.13. The molecule has 0 amide bonds. The molecule has 0 N–H and O–H groups in total. The van der Waals surface area contributed by atoms with E-state index in [0.29, 0.717) is 6.54 Å². The lowest BCUT2D eigenvalue weighted by Gasteiger charge is -2.06. The van der Waals surface area contributed by atoms with E-state index in [1.54, 1.807) is 0 Å². The summed E-state index contributed by atoms with van der Waals surface area (Å²) in [7, 11) is 0. The van der Waals surface area contributed by atoms with E-state index >= 15 is 0 Å². The monoisotopic (exact) mass is 273 g/mol. The molecule has 4 nitrogen and oxygen atoms in total. The minimum Gasteiger partial charge on any atom is -0.349 e. The average molecular weight is 273 g/mol. The molecule has 2 aromatic heterocycles. The van der Waals surface area contributed by atoms with E-state index in [1.807, 2.05) is 45.4 Å². The number of Topliss-reactive ketones (excluding diaryl/α,β-unsaturated/α-hetero) is 1. The smallest absolute Gasteiger partial charge is 0.186 e. The van der Waals surface area contributed by atoms with E-state index in [9.17, 15) is 4.79 Å². The maximum Gasteiger partial charge on any atom is 0.186 e. The van der Waals surface area contributed by atoms with E-state index in [4.69, 9.17) is 0 Å². The second-order valence-corrected chi connectivity index (χ2v) is 5.41. The van der Waals surface area contributed by atoms with Gasteiger partial charge in [-0.3, -0.25) is 9.48 Å². The lowest BCUT2D eigenvalue weighted by Crippen LogP contribution is -2.14. The van der Waals surface area contributed by atoms with Crippen molar-refractivity contribution in [3.63, 3.8) is 0 Å². The van der Waals surface area contributed by atoms with Crippen molar-refractivity contribution in [2.75, 3.05) is 0 Å². The summed E-state index contributed by atoms with van der Waals surface area (Å²) in [4.78, 5) is 12.5. The molecule has 2 rings (SSSR count). The van der Waals surface area contributed by atoms with Gasteiger partial charge < -0.3 is 4.57 Å². The third kappa shape index (κ3) is 2.30. The number of carbonyl (C=O) groups excluding carboxylic acids is 1. The zero-order valence-electron chi connectivity index (χ0n) is 13.2. The Balaban J connectivity index is 2.31. The van der Waals surface area contributed by atoms with Crippen LogP contribution in [0, 0.1) is 34.6 Å². The molecule has 0 saturated carbocycles. The van der Waals surface area contributed by atoms with E-state index in [2.05, 4.69) is 16.6 Å². The van der Waals surface area contributed by atoms with Crippen molar-refractivity contribution >= 4 is 5.78 Å². The first-order valence-corrected chi connectivity index (χ1v) is 7.07. The van der Waals surface area contributed by atoms with Crippen molar-refractivity contribution in [2.45, 2.75) is 54.6 Å². The van der Waals surface area contributed by atoms with Crippen molar-refractivity contribution in [1.82, 2.24) is 14.3 Å². The molecule has 108 valence electrons. The van der Waals surface area contributed by atoms with Crippen LogP contribution >= 0.6 is 0 Å². The third-order valence-electron chi connectivity index (χ3n) is 4.23. The Bertz CT molecular complexity index is 662. The van der Waals surface area contributed by atoms with Gasteiger partial charge in [0.15, 0.2) is 5.78 Å².